The van der Waals surface area contributed by atoms with Crippen LogP contribution < -0.4 is 16.1 Å². The number of imide groups is 2. The molecule has 1 fully saturated rings. The van der Waals surface area contributed by atoms with Gasteiger partial charge in [-0.25, -0.2) is 4.79 Å². The summed E-state index contributed by atoms with van der Waals surface area (Å²) in [5.41, 5.74) is -0.693. The molecule has 0 bridgehead atoms. The molecule has 1 rings (SSSR count). The molecule has 9 nitrogen and oxygen atoms in total. The molecule has 0 aromatic heterocycles. The van der Waals surface area contributed by atoms with Gasteiger partial charge in [0.25, 0.3) is 11.8 Å². The number of barbiturate groups is 1. The van der Waals surface area contributed by atoms with Crippen molar-refractivity contribution in [2.24, 2.45) is 0 Å². The van der Waals surface area contributed by atoms with E-state index in [1.54, 1.807) is 10.6 Å². The van der Waals surface area contributed by atoms with Crippen molar-refractivity contribution >= 4 is 23.8 Å². The molecule has 0 aliphatic carbocycles. The molecule has 0 saturated carbocycles. The van der Waals surface area contributed by atoms with Crippen molar-refractivity contribution in [1.82, 2.24) is 16.1 Å². The number of amides is 4. The van der Waals surface area contributed by atoms with Gasteiger partial charge in [-0.2, -0.15) is 5.48 Å². The fourth-order valence-electron chi connectivity index (χ4n) is 1.23. The van der Waals surface area contributed by atoms with E-state index in [1.807, 2.05) is 0 Å². The number of aliphatic carboxylic acids is 1. The molecular weight excluding hydrogens is 222 g/mol. The van der Waals surface area contributed by atoms with Gasteiger partial charge in [0.1, 0.15) is 0 Å². The molecule has 1 heterocycles. The molecule has 0 aromatic rings. The van der Waals surface area contributed by atoms with Gasteiger partial charge in [0, 0.05) is 6.42 Å². The quantitative estimate of drug-likeness (QED) is 0.276. The van der Waals surface area contributed by atoms with Crippen LogP contribution >= 0.6 is 0 Å². The third-order valence-corrected chi connectivity index (χ3v) is 2.13. The molecule has 4 amide bonds. The van der Waals surface area contributed by atoms with Crippen molar-refractivity contribution < 1.29 is 29.5 Å². The van der Waals surface area contributed by atoms with Crippen LogP contribution in [0, 0.1) is 0 Å². The predicted octanol–water partition coefficient (Wildman–Crippen LogP) is -2.07. The Hall–Kier alpha value is -2.00. The minimum atomic E-state index is -2.15. The number of urea groups is 1. The van der Waals surface area contributed by atoms with E-state index in [0.29, 0.717) is 0 Å². The first kappa shape index (κ1) is 12.1. The van der Waals surface area contributed by atoms with E-state index in [4.69, 9.17) is 10.3 Å². The van der Waals surface area contributed by atoms with Gasteiger partial charge >= 0.3 is 12.0 Å². The molecule has 1 saturated heterocycles. The first-order chi connectivity index (χ1) is 7.42. The van der Waals surface area contributed by atoms with Crippen LogP contribution in [0.5, 0.6) is 0 Å². The minimum Gasteiger partial charge on any atom is -0.481 e. The Morgan fingerprint density at radius 1 is 1.25 bits per heavy atom. The van der Waals surface area contributed by atoms with Gasteiger partial charge in [-0.3, -0.25) is 25.0 Å². The number of hydroxylamine groups is 1. The molecule has 0 radical (unpaired) electrons. The topological polar surface area (TPSA) is 145 Å². The van der Waals surface area contributed by atoms with Crippen molar-refractivity contribution in [3.05, 3.63) is 0 Å². The number of carboxylic acid groups (broad SMARTS) is 1. The Bertz CT molecular complexity index is 345. The van der Waals surface area contributed by atoms with Crippen LogP contribution in [0.4, 0.5) is 4.79 Å². The van der Waals surface area contributed by atoms with Gasteiger partial charge < -0.3 is 10.3 Å². The first-order valence-corrected chi connectivity index (χ1v) is 4.22. The summed E-state index contributed by atoms with van der Waals surface area (Å²) >= 11 is 0. The van der Waals surface area contributed by atoms with Gasteiger partial charge in [0.05, 0.1) is 0 Å². The number of carbonyl (C=O) groups is 4. The van der Waals surface area contributed by atoms with Gasteiger partial charge in [-0.05, 0) is 6.42 Å². The third kappa shape index (κ3) is 1.99. The van der Waals surface area contributed by atoms with Crippen LogP contribution in [0.1, 0.15) is 12.8 Å². The van der Waals surface area contributed by atoms with Crippen LogP contribution in [0.3, 0.4) is 0 Å². The van der Waals surface area contributed by atoms with E-state index in [-0.39, 0.29) is 0 Å². The highest BCUT2D eigenvalue weighted by molar-refractivity contribution is 6.22. The van der Waals surface area contributed by atoms with Crippen LogP contribution in [-0.4, -0.2) is 39.7 Å². The summed E-state index contributed by atoms with van der Waals surface area (Å²) < 4.78 is 0. The molecule has 88 valence electrons. The fraction of sp³-hybridized carbons (Fsp3) is 0.429. The summed E-state index contributed by atoms with van der Waals surface area (Å²) in [5.74, 6) is -3.43. The summed E-state index contributed by atoms with van der Waals surface area (Å²) in [6.07, 6.45) is -1.01. The number of hydrogen-bond acceptors (Lipinski definition) is 6. The van der Waals surface area contributed by atoms with Crippen LogP contribution in [0.15, 0.2) is 0 Å². The van der Waals surface area contributed by atoms with Gasteiger partial charge in [0.2, 0.25) is 5.54 Å². The summed E-state index contributed by atoms with van der Waals surface area (Å²) in [6.45, 7) is 0. The molecule has 9 heteroatoms. The smallest absolute Gasteiger partial charge is 0.328 e. The Morgan fingerprint density at radius 2 is 1.75 bits per heavy atom. The maximum absolute atomic E-state index is 11.4. The van der Waals surface area contributed by atoms with Crippen LogP contribution in [0.25, 0.3) is 0 Å². The summed E-state index contributed by atoms with van der Waals surface area (Å²) in [6, 6.07) is -1.02. The largest absolute Gasteiger partial charge is 0.481 e. The monoisotopic (exact) mass is 231 g/mol. The number of carbonyl (C=O) groups excluding carboxylic acids is 3. The van der Waals surface area contributed by atoms with Crippen molar-refractivity contribution in [3.8, 4) is 0 Å². The molecule has 0 aromatic carbocycles. The average Bonchev–Trinajstić information content (AvgIpc) is 2.17. The number of rotatable bonds is 4. The summed E-state index contributed by atoms with van der Waals surface area (Å²) in [5, 5.41) is 20.7. The standard InChI is InChI=1S/C7H9N3O6/c11-3(12)1-2-7(10-16)4(13)8-6(15)9-5(7)14/h10,16H,1-2H2,(H,11,12)(H2,8,9,13,14,15). The lowest BCUT2D eigenvalue weighted by Crippen LogP contribution is -2.71. The third-order valence-electron chi connectivity index (χ3n) is 2.13. The highest BCUT2D eigenvalue weighted by atomic mass is 16.5. The molecule has 0 atom stereocenters. The van der Waals surface area contributed by atoms with E-state index < -0.39 is 42.2 Å². The molecule has 5 N–H and O–H groups in total. The Morgan fingerprint density at radius 3 is 2.12 bits per heavy atom. The molecule has 0 unspecified atom stereocenters. The van der Waals surface area contributed by atoms with Crippen LogP contribution in [0.2, 0.25) is 0 Å². The van der Waals surface area contributed by atoms with Crippen molar-refractivity contribution in [2.45, 2.75) is 18.4 Å². The maximum atomic E-state index is 11.4. The SMILES string of the molecule is O=C(O)CCC1(NO)C(=O)NC(=O)NC1=O. The molecular formula is C7H9N3O6. The lowest BCUT2D eigenvalue weighted by molar-refractivity contribution is -0.147. The number of carboxylic acids is 1. The second-order valence-corrected chi connectivity index (χ2v) is 3.15. The second kappa shape index (κ2) is 4.24. The fourth-order valence-corrected chi connectivity index (χ4v) is 1.23. The van der Waals surface area contributed by atoms with Gasteiger partial charge in [0.15, 0.2) is 0 Å². The summed E-state index contributed by atoms with van der Waals surface area (Å²) in [4.78, 5) is 43.8. The maximum Gasteiger partial charge on any atom is 0.328 e. The van der Waals surface area contributed by atoms with Crippen molar-refractivity contribution in [3.63, 3.8) is 0 Å². The first-order valence-electron chi connectivity index (χ1n) is 4.22. The second-order valence-electron chi connectivity index (χ2n) is 3.15. The van der Waals surface area contributed by atoms with E-state index in [2.05, 4.69) is 0 Å². The van der Waals surface area contributed by atoms with Gasteiger partial charge in [-0.15, -0.1) is 0 Å². The van der Waals surface area contributed by atoms with E-state index >= 15 is 0 Å². The van der Waals surface area contributed by atoms with Crippen LogP contribution in [-0.2, 0) is 14.4 Å². The predicted molar refractivity (Wildman–Crippen MR) is 46.2 cm³/mol. The summed E-state index contributed by atoms with van der Waals surface area (Å²) in [7, 11) is 0. The minimum absolute atomic E-state index is 0.482. The lowest BCUT2D eigenvalue weighted by Gasteiger charge is -2.31. The molecule has 1 aliphatic heterocycles. The lowest BCUT2D eigenvalue weighted by atomic mass is 9.90. The van der Waals surface area contributed by atoms with E-state index in [1.165, 1.54) is 5.48 Å². The van der Waals surface area contributed by atoms with Gasteiger partial charge in [-0.1, -0.05) is 0 Å². The highest BCUT2D eigenvalue weighted by Crippen LogP contribution is 2.16. The zero-order valence-electron chi connectivity index (χ0n) is 7.94. The number of nitrogens with one attached hydrogen (secondary N) is 3. The Kier molecular flexibility index (Phi) is 3.20. The zero-order valence-corrected chi connectivity index (χ0v) is 7.94. The Balaban J connectivity index is 2.91. The van der Waals surface area contributed by atoms with E-state index in [9.17, 15) is 19.2 Å². The normalized spacial score (nSPS) is 18.9. The molecule has 1 aliphatic rings. The highest BCUT2D eigenvalue weighted by Gasteiger charge is 2.50. The van der Waals surface area contributed by atoms with E-state index in [0.717, 1.165) is 0 Å². The Labute approximate surface area is 88.8 Å². The zero-order chi connectivity index (χ0) is 12.3. The van der Waals surface area contributed by atoms with Crippen molar-refractivity contribution in [2.75, 3.05) is 0 Å². The average molecular weight is 231 g/mol. The van der Waals surface area contributed by atoms with Crippen molar-refractivity contribution in [1.29, 1.82) is 0 Å². The molecule has 0 spiro atoms. The molecule has 16 heavy (non-hydrogen) atoms. The number of hydrogen-bond donors (Lipinski definition) is 5.